The largest absolute Gasteiger partial charge is 0.335 e. The molecule has 2 amide bonds. The van der Waals surface area contributed by atoms with Crippen LogP contribution in [0.2, 0.25) is 0 Å². The molecule has 156 valence electrons. The maximum absolute atomic E-state index is 13.1. The van der Waals surface area contributed by atoms with Crippen molar-refractivity contribution >= 4 is 48.9 Å². The van der Waals surface area contributed by atoms with Crippen LogP contribution in [-0.2, 0) is 14.8 Å². The van der Waals surface area contributed by atoms with E-state index in [2.05, 4.69) is 5.32 Å². The molecule has 0 atom stereocenters. The Hall–Kier alpha value is -2.75. The van der Waals surface area contributed by atoms with Crippen molar-refractivity contribution in [2.24, 2.45) is 0 Å². The number of rotatable bonds is 4. The molecule has 2 aromatic carbocycles. The monoisotopic (exact) mass is 443 g/mol. The van der Waals surface area contributed by atoms with Crippen molar-refractivity contribution in [1.29, 1.82) is 0 Å². The molecule has 1 aliphatic heterocycles. The zero-order chi connectivity index (χ0) is 21.3. The van der Waals surface area contributed by atoms with E-state index in [4.69, 9.17) is 0 Å². The van der Waals surface area contributed by atoms with Gasteiger partial charge in [-0.25, -0.2) is 8.42 Å². The lowest BCUT2D eigenvalue weighted by atomic mass is 10.1. The first-order chi connectivity index (χ1) is 14.3. The fourth-order valence-corrected chi connectivity index (χ4v) is 5.84. The lowest BCUT2D eigenvalue weighted by Crippen LogP contribution is -2.50. The molecule has 1 saturated heterocycles. The molecule has 1 aromatic heterocycles. The zero-order valence-corrected chi connectivity index (χ0v) is 18.0. The summed E-state index contributed by atoms with van der Waals surface area (Å²) in [5.74, 6) is -0.345. The van der Waals surface area contributed by atoms with Gasteiger partial charge in [-0.05, 0) is 35.0 Å². The van der Waals surface area contributed by atoms with Crippen molar-refractivity contribution in [3.63, 3.8) is 0 Å². The van der Waals surface area contributed by atoms with Gasteiger partial charge in [0.05, 0.1) is 14.8 Å². The molecule has 9 heteroatoms. The quantitative estimate of drug-likeness (QED) is 0.672. The topological polar surface area (TPSA) is 86.8 Å². The Kier molecular flexibility index (Phi) is 5.59. The highest BCUT2D eigenvalue weighted by molar-refractivity contribution is 7.89. The number of hydrogen-bond donors (Lipinski definition) is 1. The Morgan fingerprint density at radius 2 is 1.63 bits per heavy atom. The smallest absolute Gasteiger partial charge is 0.264 e. The Balaban J connectivity index is 1.44. The highest BCUT2D eigenvalue weighted by Gasteiger charge is 2.31. The molecule has 2 heterocycles. The number of sulfonamides is 1. The Morgan fingerprint density at radius 3 is 2.33 bits per heavy atom. The van der Waals surface area contributed by atoms with Crippen molar-refractivity contribution in [2.75, 3.05) is 31.5 Å². The van der Waals surface area contributed by atoms with Crippen molar-refractivity contribution < 1.29 is 18.0 Å². The van der Waals surface area contributed by atoms with Crippen LogP contribution < -0.4 is 5.32 Å². The second-order valence-corrected chi connectivity index (χ2v) is 10.1. The fraction of sp³-hybridized carbons (Fsp3) is 0.238. The SMILES string of the molecule is CC(=O)Nc1ccc(C(=O)N2CCN(S(=O)(=O)c3ccc4ccccc4c3)CC2)s1. The molecule has 4 rings (SSSR count). The summed E-state index contributed by atoms with van der Waals surface area (Å²) >= 11 is 1.21. The van der Waals surface area contributed by atoms with Gasteiger partial charge in [-0.3, -0.25) is 9.59 Å². The minimum atomic E-state index is -3.63. The maximum atomic E-state index is 13.1. The summed E-state index contributed by atoms with van der Waals surface area (Å²) in [7, 11) is -3.63. The van der Waals surface area contributed by atoms with E-state index in [1.807, 2.05) is 30.3 Å². The highest BCUT2D eigenvalue weighted by Crippen LogP contribution is 2.25. The molecule has 0 spiro atoms. The van der Waals surface area contributed by atoms with E-state index in [1.165, 1.54) is 22.6 Å². The van der Waals surface area contributed by atoms with Crippen LogP contribution in [0.4, 0.5) is 5.00 Å². The van der Waals surface area contributed by atoms with Crippen LogP contribution in [0.15, 0.2) is 59.5 Å². The Labute approximate surface area is 179 Å². The first-order valence-electron chi connectivity index (χ1n) is 9.50. The van der Waals surface area contributed by atoms with Gasteiger partial charge in [-0.15, -0.1) is 11.3 Å². The van der Waals surface area contributed by atoms with E-state index in [0.29, 0.717) is 23.0 Å². The lowest BCUT2D eigenvalue weighted by Gasteiger charge is -2.33. The van der Waals surface area contributed by atoms with Gasteiger partial charge in [0.25, 0.3) is 5.91 Å². The number of nitrogens with one attached hydrogen (secondary N) is 1. The molecule has 0 saturated carbocycles. The van der Waals surface area contributed by atoms with E-state index in [0.717, 1.165) is 10.8 Å². The van der Waals surface area contributed by atoms with E-state index in [9.17, 15) is 18.0 Å². The number of fused-ring (bicyclic) bond motifs is 1. The molecule has 0 bridgehead atoms. The predicted molar refractivity (Wildman–Crippen MR) is 117 cm³/mol. The number of benzene rings is 2. The van der Waals surface area contributed by atoms with E-state index < -0.39 is 10.0 Å². The van der Waals surface area contributed by atoms with Crippen LogP contribution >= 0.6 is 11.3 Å². The van der Waals surface area contributed by atoms with Crippen LogP contribution in [0, 0.1) is 0 Å². The van der Waals surface area contributed by atoms with Gasteiger partial charge in [-0.2, -0.15) is 4.31 Å². The number of carbonyl (C=O) groups is 2. The van der Waals surface area contributed by atoms with Gasteiger partial charge in [0.1, 0.15) is 0 Å². The molecule has 0 aliphatic carbocycles. The number of nitrogens with zero attached hydrogens (tertiary/aromatic N) is 2. The summed E-state index contributed by atoms with van der Waals surface area (Å²) in [5.41, 5.74) is 0. The summed E-state index contributed by atoms with van der Waals surface area (Å²) in [6.45, 7) is 2.53. The van der Waals surface area contributed by atoms with Crippen molar-refractivity contribution in [1.82, 2.24) is 9.21 Å². The number of amides is 2. The van der Waals surface area contributed by atoms with Crippen molar-refractivity contribution in [3.8, 4) is 0 Å². The van der Waals surface area contributed by atoms with E-state index in [-0.39, 0.29) is 29.8 Å². The van der Waals surface area contributed by atoms with Crippen LogP contribution in [0.1, 0.15) is 16.6 Å². The summed E-state index contributed by atoms with van der Waals surface area (Å²) in [6, 6.07) is 16.1. The summed E-state index contributed by atoms with van der Waals surface area (Å²) in [4.78, 5) is 26.3. The highest BCUT2D eigenvalue weighted by atomic mass is 32.2. The van der Waals surface area contributed by atoms with Crippen molar-refractivity contribution in [2.45, 2.75) is 11.8 Å². The first kappa shape index (κ1) is 20.5. The molecule has 7 nitrogen and oxygen atoms in total. The maximum Gasteiger partial charge on any atom is 0.264 e. The van der Waals surface area contributed by atoms with Crippen LogP contribution in [0.25, 0.3) is 10.8 Å². The lowest BCUT2D eigenvalue weighted by molar-refractivity contribution is -0.114. The summed E-state index contributed by atoms with van der Waals surface area (Å²) in [6.07, 6.45) is 0. The third-order valence-electron chi connectivity index (χ3n) is 5.00. The Bertz CT molecular complexity index is 1210. The zero-order valence-electron chi connectivity index (χ0n) is 16.4. The van der Waals surface area contributed by atoms with Gasteiger partial charge in [-0.1, -0.05) is 30.3 Å². The first-order valence-corrected chi connectivity index (χ1v) is 11.8. The second kappa shape index (κ2) is 8.17. The van der Waals surface area contributed by atoms with Crippen LogP contribution in [0.3, 0.4) is 0 Å². The molecule has 3 aromatic rings. The van der Waals surface area contributed by atoms with Gasteiger partial charge in [0, 0.05) is 33.1 Å². The van der Waals surface area contributed by atoms with E-state index >= 15 is 0 Å². The molecular formula is C21H21N3O4S2. The minimum Gasteiger partial charge on any atom is -0.335 e. The number of thiophene rings is 1. The third kappa shape index (κ3) is 4.09. The Morgan fingerprint density at radius 1 is 0.933 bits per heavy atom. The number of anilines is 1. The molecule has 1 fully saturated rings. The van der Waals surface area contributed by atoms with Crippen molar-refractivity contribution in [3.05, 3.63) is 59.5 Å². The average molecular weight is 444 g/mol. The fourth-order valence-electron chi connectivity index (χ4n) is 3.46. The van der Waals surface area contributed by atoms with E-state index in [1.54, 1.807) is 29.2 Å². The number of carbonyl (C=O) groups excluding carboxylic acids is 2. The van der Waals surface area contributed by atoms with Crippen LogP contribution in [-0.4, -0.2) is 55.6 Å². The van der Waals surface area contributed by atoms with Gasteiger partial charge in [0.15, 0.2) is 0 Å². The molecular weight excluding hydrogens is 422 g/mol. The molecule has 0 unspecified atom stereocenters. The average Bonchev–Trinajstić information content (AvgIpc) is 3.20. The number of hydrogen-bond acceptors (Lipinski definition) is 5. The minimum absolute atomic E-state index is 0.153. The standard InChI is InChI=1S/C21H21N3O4S2/c1-15(25)22-20-9-8-19(29-20)21(26)23-10-12-24(13-11-23)30(27,28)18-7-6-16-4-2-3-5-17(16)14-18/h2-9,14H,10-13H2,1H3,(H,22,25). The van der Waals surface area contributed by atoms with Gasteiger partial charge < -0.3 is 10.2 Å². The van der Waals surface area contributed by atoms with Gasteiger partial charge in [0.2, 0.25) is 15.9 Å². The summed E-state index contributed by atoms with van der Waals surface area (Å²) < 4.78 is 27.6. The molecule has 1 aliphatic rings. The van der Waals surface area contributed by atoms with Crippen LogP contribution in [0.5, 0.6) is 0 Å². The van der Waals surface area contributed by atoms with Gasteiger partial charge >= 0.3 is 0 Å². The summed E-state index contributed by atoms with van der Waals surface area (Å²) in [5, 5.41) is 5.14. The molecule has 30 heavy (non-hydrogen) atoms. The third-order valence-corrected chi connectivity index (χ3v) is 7.88. The molecule has 0 radical (unpaired) electrons. The normalized spacial score (nSPS) is 15.3. The number of piperazine rings is 1. The molecule has 1 N–H and O–H groups in total. The second-order valence-electron chi connectivity index (χ2n) is 7.05. The predicted octanol–water partition coefficient (Wildman–Crippen LogP) is 3.01.